The smallest absolute Gasteiger partial charge is 0.261 e. The fourth-order valence-electron chi connectivity index (χ4n) is 2.90. The van der Waals surface area contributed by atoms with Crippen molar-refractivity contribution in [1.29, 1.82) is 0 Å². The summed E-state index contributed by atoms with van der Waals surface area (Å²) in [6.07, 6.45) is 0. The molecular formula is C21H18N2O6S. The first-order chi connectivity index (χ1) is 14.5. The molecular weight excluding hydrogens is 408 g/mol. The largest absolute Gasteiger partial charge is 0.497 e. The van der Waals surface area contributed by atoms with Crippen molar-refractivity contribution in [3.8, 4) is 17.2 Å². The standard InChI is InChI=1S/C21H18N2O6S/c1-27-15-7-9-16(10-8-15)30(25,26)23-18-5-3-2-4-17(18)21(24)22-14-6-11-19-20(12-14)29-13-28-19/h2-12,23H,13H2,1H3,(H,22,24). The molecule has 0 atom stereocenters. The molecule has 154 valence electrons. The van der Waals surface area contributed by atoms with Gasteiger partial charge in [-0.25, -0.2) is 8.42 Å². The van der Waals surface area contributed by atoms with Crippen LogP contribution in [0, 0.1) is 0 Å². The van der Waals surface area contributed by atoms with Crippen LogP contribution in [0.5, 0.6) is 17.2 Å². The number of amides is 1. The lowest BCUT2D eigenvalue weighted by Gasteiger charge is -2.13. The van der Waals surface area contributed by atoms with Crippen LogP contribution in [-0.4, -0.2) is 28.2 Å². The summed E-state index contributed by atoms with van der Waals surface area (Å²) in [4.78, 5) is 12.9. The summed E-state index contributed by atoms with van der Waals surface area (Å²) in [5.74, 6) is 1.20. The highest BCUT2D eigenvalue weighted by molar-refractivity contribution is 7.92. The number of carbonyl (C=O) groups excluding carboxylic acids is 1. The van der Waals surface area contributed by atoms with Crippen LogP contribution in [0.2, 0.25) is 0 Å². The van der Waals surface area contributed by atoms with E-state index in [9.17, 15) is 13.2 Å². The van der Waals surface area contributed by atoms with Gasteiger partial charge in [-0.3, -0.25) is 9.52 Å². The molecule has 1 heterocycles. The van der Waals surface area contributed by atoms with E-state index in [-0.39, 0.29) is 22.9 Å². The molecule has 0 aromatic heterocycles. The van der Waals surface area contributed by atoms with Gasteiger partial charge in [0.25, 0.3) is 15.9 Å². The van der Waals surface area contributed by atoms with E-state index < -0.39 is 15.9 Å². The zero-order valence-corrected chi connectivity index (χ0v) is 16.7. The minimum atomic E-state index is -3.90. The summed E-state index contributed by atoms with van der Waals surface area (Å²) in [5.41, 5.74) is 0.830. The first kappa shape index (κ1) is 19.6. The van der Waals surface area contributed by atoms with E-state index in [4.69, 9.17) is 14.2 Å². The number of rotatable bonds is 6. The zero-order valence-electron chi connectivity index (χ0n) is 15.9. The molecule has 8 nitrogen and oxygen atoms in total. The molecule has 4 rings (SSSR count). The monoisotopic (exact) mass is 426 g/mol. The Morgan fingerprint density at radius 2 is 1.70 bits per heavy atom. The van der Waals surface area contributed by atoms with Gasteiger partial charge < -0.3 is 19.5 Å². The third kappa shape index (κ3) is 4.01. The summed E-state index contributed by atoms with van der Waals surface area (Å²) in [7, 11) is -2.40. The van der Waals surface area contributed by atoms with E-state index in [0.717, 1.165) is 0 Å². The summed E-state index contributed by atoms with van der Waals surface area (Å²) in [6, 6.07) is 17.3. The number of methoxy groups -OCH3 is 1. The van der Waals surface area contributed by atoms with Crippen molar-refractivity contribution in [1.82, 2.24) is 0 Å². The maximum absolute atomic E-state index is 12.8. The third-order valence-corrected chi connectivity index (χ3v) is 5.80. The van der Waals surface area contributed by atoms with Crippen LogP contribution >= 0.6 is 0 Å². The molecule has 0 bridgehead atoms. The number of sulfonamides is 1. The molecule has 0 aliphatic carbocycles. The van der Waals surface area contributed by atoms with Crippen LogP contribution in [0.4, 0.5) is 11.4 Å². The molecule has 9 heteroatoms. The molecule has 0 unspecified atom stereocenters. The molecule has 2 N–H and O–H groups in total. The van der Waals surface area contributed by atoms with E-state index in [1.54, 1.807) is 42.5 Å². The van der Waals surface area contributed by atoms with Crippen LogP contribution in [0.3, 0.4) is 0 Å². The van der Waals surface area contributed by atoms with E-state index in [0.29, 0.717) is 22.9 Å². The second kappa shape index (κ2) is 7.96. The molecule has 1 aliphatic heterocycles. The molecule has 0 spiro atoms. The van der Waals surface area contributed by atoms with Crippen LogP contribution < -0.4 is 24.2 Å². The Hall–Kier alpha value is -3.72. The number of hydrogen-bond acceptors (Lipinski definition) is 6. The average molecular weight is 426 g/mol. The fourth-order valence-corrected chi connectivity index (χ4v) is 3.98. The van der Waals surface area contributed by atoms with Gasteiger partial charge in [-0.1, -0.05) is 12.1 Å². The van der Waals surface area contributed by atoms with Crippen molar-refractivity contribution < 1.29 is 27.4 Å². The molecule has 3 aromatic carbocycles. The van der Waals surface area contributed by atoms with Gasteiger partial charge in [0.2, 0.25) is 6.79 Å². The summed E-state index contributed by atoms with van der Waals surface area (Å²) in [6.45, 7) is 0.128. The van der Waals surface area contributed by atoms with Crippen LogP contribution in [0.1, 0.15) is 10.4 Å². The lowest BCUT2D eigenvalue weighted by atomic mass is 10.1. The Morgan fingerprint density at radius 1 is 0.967 bits per heavy atom. The second-order valence-corrected chi connectivity index (χ2v) is 8.03. The normalized spacial score (nSPS) is 12.3. The van der Waals surface area contributed by atoms with Gasteiger partial charge in [-0.2, -0.15) is 0 Å². The Morgan fingerprint density at radius 3 is 2.47 bits per heavy atom. The Balaban J connectivity index is 1.56. The number of carbonyl (C=O) groups is 1. The van der Waals surface area contributed by atoms with Crippen LogP contribution in [-0.2, 0) is 10.0 Å². The molecule has 3 aromatic rings. The van der Waals surface area contributed by atoms with Crippen molar-refractivity contribution >= 4 is 27.3 Å². The van der Waals surface area contributed by atoms with Crippen molar-refractivity contribution in [2.45, 2.75) is 4.90 Å². The molecule has 1 amide bonds. The number of hydrogen-bond donors (Lipinski definition) is 2. The maximum Gasteiger partial charge on any atom is 0.261 e. The quantitative estimate of drug-likeness (QED) is 0.626. The summed E-state index contributed by atoms with van der Waals surface area (Å²) >= 11 is 0. The van der Waals surface area contributed by atoms with E-state index >= 15 is 0 Å². The highest BCUT2D eigenvalue weighted by atomic mass is 32.2. The van der Waals surface area contributed by atoms with E-state index in [1.165, 1.54) is 31.4 Å². The maximum atomic E-state index is 12.8. The molecule has 0 radical (unpaired) electrons. The topological polar surface area (TPSA) is 103 Å². The van der Waals surface area contributed by atoms with Crippen molar-refractivity contribution in [2.24, 2.45) is 0 Å². The predicted molar refractivity (Wildman–Crippen MR) is 111 cm³/mol. The summed E-state index contributed by atoms with van der Waals surface area (Å²) < 4.78 is 43.6. The average Bonchev–Trinajstić information content (AvgIpc) is 3.22. The SMILES string of the molecule is COc1ccc(S(=O)(=O)Nc2ccccc2C(=O)Nc2ccc3c(c2)OCO3)cc1. The Kier molecular flexibility index (Phi) is 5.20. The highest BCUT2D eigenvalue weighted by Gasteiger charge is 2.20. The summed E-state index contributed by atoms with van der Waals surface area (Å²) in [5, 5.41) is 2.74. The van der Waals surface area contributed by atoms with E-state index in [2.05, 4.69) is 10.0 Å². The van der Waals surface area contributed by atoms with Crippen LogP contribution in [0.15, 0.2) is 71.6 Å². The molecule has 0 fully saturated rings. The van der Waals surface area contributed by atoms with Gasteiger partial charge in [0, 0.05) is 11.8 Å². The van der Waals surface area contributed by atoms with Gasteiger partial charge in [0.15, 0.2) is 11.5 Å². The fraction of sp³-hybridized carbons (Fsp3) is 0.0952. The lowest BCUT2D eigenvalue weighted by Crippen LogP contribution is -2.18. The van der Waals surface area contributed by atoms with Crippen molar-refractivity contribution in [2.75, 3.05) is 23.9 Å². The second-order valence-electron chi connectivity index (χ2n) is 6.35. The Bertz CT molecular complexity index is 1190. The number of ether oxygens (including phenoxy) is 3. The number of benzene rings is 3. The molecule has 30 heavy (non-hydrogen) atoms. The molecule has 0 saturated heterocycles. The number of fused-ring (bicyclic) bond motifs is 1. The van der Waals surface area contributed by atoms with Crippen molar-refractivity contribution in [3.05, 3.63) is 72.3 Å². The number of anilines is 2. The first-order valence-electron chi connectivity index (χ1n) is 8.93. The zero-order chi connectivity index (χ0) is 21.1. The van der Waals surface area contributed by atoms with Gasteiger partial charge in [0.05, 0.1) is 23.3 Å². The van der Waals surface area contributed by atoms with Crippen molar-refractivity contribution in [3.63, 3.8) is 0 Å². The van der Waals surface area contributed by atoms with E-state index in [1.807, 2.05) is 0 Å². The third-order valence-electron chi connectivity index (χ3n) is 4.42. The minimum absolute atomic E-state index is 0.0503. The van der Waals surface area contributed by atoms with Gasteiger partial charge in [-0.05, 0) is 48.5 Å². The van der Waals surface area contributed by atoms with Crippen LogP contribution in [0.25, 0.3) is 0 Å². The molecule has 1 aliphatic rings. The van der Waals surface area contributed by atoms with Gasteiger partial charge in [-0.15, -0.1) is 0 Å². The molecule has 0 saturated carbocycles. The number of para-hydroxylation sites is 1. The lowest BCUT2D eigenvalue weighted by molar-refractivity contribution is 0.102. The predicted octanol–water partition coefficient (Wildman–Crippen LogP) is 3.48. The minimum Gasteiger partial charge on any atom is -0.497 e. The highest BCUT2D eigenvalue weighted by Crippen LogP contribution is 2.34. The van der Waals surface area contributed by atoms with Gasteiger partial charge in [0.1, 0.15) is 5.75 Å². The number of nitrogens with one attached hydrogen (secondary N) is 2. The Labute approximate surface area is 173 Å². The van der Waals surface area contributed by atoms with Gasteiger partial charge >= 0.3 is 0 Å². The first-order valence-corrected chi connectivity index (χ1v) is 10.4.